The van der Waals surface area contributed by atoms with Crippen molar-refractivity contribution in [2.75, 3.05) is 7.11 Å². The number of ether oxygens (including phenoxy) is 2. The van der Waals surface area contributed by atoms with Crippen LogP contribution in [0.3, 0.4) is 0 Å². The Morgan fingerprint density at radius 2 is 1.95 bits per heavy atom. The van der Waals surface area contributed by atoms with E-state index in [0.717, 1.165) is 17.4 Å². The monoisotopic (exact) mass is 274 g/mol. The molecular formula is C16H15FO3. The van der Waals surface area contributed by atoms with E-state index in [9.17, 15) is 9.18 Å². The molecule has 0 heterocycles. The largest absolute Gasteiger partial charge is 0.493 e. The molecule has 2 aromatic carbocycles. The van der Waals surface area contributed by atoms with Crippen molar-refractivity contribution < 1.29 is 18.7 Å². The standard InChI is InChI=1S/C16H15FO3/c1-11-3-5-14(17)8-13(11)10-20-15-6-4-12(9-18)7-16(15)19-2/h3-9H,10H2,1-2H3. The number of hydrogen-bond acceptors (Lipinski definition) is 3. The third-order valence-corrected chi connectivity index (χ3v) is 3.02. The van der Waals surface area contributed by atoms with Crippen LogP contribution in [0.1, 0.15) is 21.5 Å². The lowest BCUT2D eigenvalue weighted by Gasteiger charge is -2.12. The average molecular weight is 274 g/mol. The molecule has 104 valence electrons. The molecule has 0 radical (unpaired) electrons. The third-order valence-electron chi connectivity index (χ3n) is 3.02. The minimum atomic E-state index is -0.294. The Morgan fingerprint density at radius 1 is 1.15 bits per heavy atom. The maximum atomic E-state index is 13.2. The van der Waals surface area contributed by atoms with E-state index in [-0.39, 0.29) is 12.4 Å². The van der Waals surface area contributed by atoms with E-state index in [1.54, 1.807) is 24.3 Å². The quantitative estimate of drug-likeness (QED) is 0.782. The number of rotatable bonds is 5. The van der Waals surface area contributed by atoms with E-state index in [2.05, 4.69) is 0 Å². The molecule has 0 bridgehead atoms. The number of carbonyl (C=O) groups is 1. The highest BCUT2D eigenvalue weighted by Gasteiger charge is 2.07. The predicted molar refractivity (Wildman–Crippen MR) is 73.9 cm³/mol. The van der Waals surface area contributed by atoms with Crippen molar-refractivity contribution in [1.29, 1.82) is 0 Å². The van der Waals surface area contributed by atoms with Gasteiger partial charge in [-0.3, -0.25) is 4.79 Å². The normalized spacial score (nSPS) is 10.2. The molecule has 0 unspecified atom stereocenters. The molecule has 0 saturated heterocycles. The van der Waals surface area contributed by atoms with Gasteiger partial charge in [-0.25, -0.2) is 4.39 Å². The van der Waals surface area contributed by atoms with E-state index >= 15 is 0 Å². The van der Waals surface area contributed by atoms with Crippen LogP contribution in [0, 0.1) is 12.7 Å². The van der Waals surface area contributed by atoms with Gasteiger partial charge in [0.2, 0.25) is 0 Å². The minimum Gasteiger partial charge on any atom is -0.493 e. The molecule has 0 N–H and O–H groups in total. The van der Waals surface area contributed by atoms with Gasteiger partial charge >= 0.3 is 0 Å². The molecule has 3 nitrogen and oxygen atoms in total. The third kappa shape index (κ3) is 3.15. The fraction of sp³-hybridized carbons (Fsp3) is 0.188. The van der Waals surface area contributed by atoms with Gasteiger partial charge in [-0.2, -0.15) is 0 Å². The summed E-state index contributed by atoms with van der Waals surface area (Å²) in [6.45, 7) is 2.13. The highest BCUT2D eigenvalue weighted by molar-refractivity contribution is 5.76. The lowest BCUT2D eigenvalue weighted by atomic mass is 10.1. The molecule has 2 aromatic rings. The maximum absolute atomic E-state index is 13.2. The van der Waals surface area contributed by atoms with Crippen molar-refractivity contribution in [2.24, 2.45) is 0 Å². The molecule has 0 saturated carbocycles. The van der Waals surface area contributed by atoms with Gasteiger partial charge in [-0.1, -0.05) is 6.07 Å². The van der Waals surface area contributed by atoms with Gasteiger partial charge in [0.25, 0.3) is 0 Å². The summed E-state index contributed by atoms with van der Waals surface area (Å²) in [5.41, 5.74) is 2.23. The second-order valence-electron chi connectivity index (χ2n) is 4.39. The number of benzene rings is 2. The molecule has 4 heteroatoms. The van der Waals surface area contributed by atoms with Crippen LogP contribution in [0.5, 0.6) is 11.5 Å². The van der Waals surface area contributed by atoms with Gasteiger partial charge in [0.05, 0.1) is 7.11 Å². The van der Waals surface area contributed by atoms with Crippen molar-refractivity contribution in [3.63, 3.8) is 0 Å². The van der Waals surface area contributed by atoms with Crippen LogP contribution in [0.2, 0.25) is 0 Å². The molecule has 0 spiro atoms. The van der Waals surface area contributed by atoms with Gasteiger partial charge in [-0.05, 0) is 48.4 Å². The van der Waals surface area contributed by atoms with E-state index in [4.69, 9.17) is 9.47 Å². The van der Waals surface area contributed by atoms with Gasteiger partial charge in [0, 0.05) is 5.56 Å². The minimum absolute atomic E-state index is 0.236. The second kappa shape index (κ2) is 6.19. The fourth-order valence-corrected chi connectivity index (χ4v) is 1.83. The van der Waals surface area contributed by atoms with Crippen LogP contribution in [0.4, 0.5) is 4.39 Å². The first-order valence-electron chi connectivity index (χ1n) is 6.15. The summed E-state index contributed by atoms with van der Waals surface area (Å²) in [7, 11) is 1.50. The summed E-state index contributed by atoms with van der Waals surface area (Å²) < 4.78 is 24.0. The molecular weight excluding hydrogens is 259 g/mol. The number of aldehydes is 1. The SMILES string of the molecule is COc1cc(C=O)ccc1OCc1cc(F)ccc1C. The Balaban J connectivity index is 2.18. The number of carbonyl (C=O) groups excluding carboxylic acids is 1. The van der Waals surface area contributed by atoms with E-state index in [1.807, 2.05) is 6.92 Å². The summed E-state index contributed by atoms with van der Waals surface area (Å²) >= 11 is 0. The summed E-state index contributed by atoms with van der Waals surface area (Å²) in [6.07, 6.45) is 0.739. The summed E-state index contributed by atoms with van der Waals surface area (Å²) in [5, 5.41) is 0. The van der Waals surface area contributed by atoms with Crippen LogP contribution in [0.25, 0.3) is 0 Å². The molecule has 2 rings (SSSR count). The van der Waals surface area contributed by atoms with E-state index in [0.29, 0.717) is 17.1 Å². The van der Waals surface area contributed by atoms with Crippen LogP contribution in [0.15, 0.2) is 36.4 Å². The Morgan fingerprint density at radius 3 is 2.65 bits per heavy atom. The van der Waals surface area contributed by atoms with Crippen LogP contribution in [-0.2, 0) is 6.61 Å². The first-order valence-corrected chi connectivity index (χ1v) is 6.15. The molecule has 0 aliphatic rings. The summed E-state index contributed by atoms with van der Waals surface area (Å²) in [5.74, 6) is 0.697. The zero-order valence-corrected chi connectivity index (χ0v) is 11.4. The number of halogens is 1. The first kappa shape index (κ1) is 14.1. The number of aryl methyl sites for hydroxylation is 1. The lowest BCUT2D eigenvalue weighted by Crippen LogP contribution is -2.00. The van der Waals surface area contributed by atoms with Crippen molar-refractivity contribution >= 4 is 6.29 Å². The zero-order valence-electron chi connectivity index (χ0n) is 11.4. The second-order valence-corrected chi connectivity index (χ2v) is 4.39. The Labute approximate surface area is 117 Å². The number of methoxy groups -OCH3 is 1. The molecule has 0 fully saturated rings. The highest BCUT2D eigenvalue weighted by atomic mass is 19.1. The van der Waals surface area contributed by atoms with Crippen molar-refractivity contribution in [2.45, 2.75) is 13.5 Å². The highest BCUT2D eigenvalue weighted by Crippen LogP contribution is 2.28. The van der Waals surface area contributed by atoms with Crippen LogP contribution >= 0.6 is 0 Å². The maximum Gasteiger partial charge on any atom is 0.161 e. The fourth-order valence-electron chi connectivity index (χ4n) is 1.83. The predicted octanol–water partition coefficient (Wildman–Crippen LogP) is 3.53. The number of hydrogen-bond donors (Lipinski definition) is 0. The smallest absolute Gasteiger partial charge is 0.161 e. The zero-order chi connectivity index (χ0) is 14.5. The topological polar surface area (TPSA) is 35.5 Å². The van der Waals surface area contributed by atoms with Crippen molar-refractivity contribution in [3.8, 4) is 11.5 Å². The average Bonchev–Trinajstić information content (AvgIpc) is 2.48. The van der Waals surface area contributed by atoms with E-state index in [1.165, 1.54) is 19.2 Å². The first-order chi connectivity index (χ1) is 9.63. The Kier molecular flexibility index (Phi) is 4.35. The van der Waals surface area contributed by atoms with Gasteiger partial charge in [0.1, 0.15) is 18.7 Å². The van der Waals surface area contributed by atoms with Gasteiger partial charge in [0.15, 0.2) is 11.5 Å². The summed E-state index contributed by atoms with van der Waals surface area (Å²) in [4.78, 5) is 10.7. The lowest BCUT2D eigenvalue weighted by molar-refractivity contribution is 0.112. The molecule has 0 aliphatic heterocycles. The van der Waals surface area contributed by atoms with E-state index < -0.39 is 0 Å². The molecule has 0 aromatic heterocycles. The Bertz CT molecular complexity index is 623. The molecule has 0 amide bonds. The van der Waals surface area contributed by atoms with Crippen LogP contribution < -0.4 is 9.47 Å². The molecule has 0 atom stereocenters. The van der Waals surface area contributed by atoms with Crippen molar-refractivity contribution in [3.05, 3.63) is 58.9 Å². The van der Waals surface area contributed by atoms with Gasteiger partial charge in [-0.15, -0.1) is 0 Å². The van der Waals surface area contributed by atoms with Crippen molar-refractivity contribution in [1.82, 2.24) is 0 Å². The molecule has 20 heavy (non-hydrogen) atoms. The van der Waals surface area contributed by atoms with Gasteiger partial charge < -0.3 is 9.47 Å². The summed E-state index contributed by atoms with van der Waals surface area (Å²) in [6, 6.07) is 9.47. The van der Waals surface area contributed by atoms with Crippen LogP contribution in [-0.4, -0.2) is 13.4 Å². The Hall–Kier alpha value is -2.36. The molecule has 0 aliphatic carbocycles.